The van der Waals surface area contributed by atoms with Crippen molar-refractivity contribution in [3.05, 3.63) is 29.8 Å². The maximum absolute atomic E-state index is 11.8. The second kappa shape index (κ2) is 5.66. The molecule has 3 heteroatoms. The van der Waals surface area contributed by atoms with E-state index >= 15 is 0 Å². The van der Waals surface area contributed by atoms with E-state index in [4.69, 9.17) is 5.73 Å². The van der Waals surface area contributed by atoms with Crippen molar-refractivity contribution in [1.82, 2.24) is 0 Å². The number of amides is 1. The Bertz CT molecular complexity index is 361. The lowest BCUT2D eigenvalue weighted by molar-refractivity contribution is -0.119. The van der Waals surface area contributed by atoms with Crippen LogP contribution < -0.4 is 11.1 Å². The van der Waals surface area contributed by atoms with Crippen molar-refractivity contribution >= 4 is 11.6 Å². The Morgan fingerprint density at radius 3 is 2.69 bits per heavy atom. The topological polar surface area (TPSA) is 55.1 Å². The Balaban J connectivity index is 2.69. The highest BCUT2D eigenvalue weighted by molar-refractivity contribution is 5.92. The van der Waals surface area contributed by atoms with Gasteiger partial charge in [0.2, 0.25) is 5.91 Å². The first-order valence-electron chi connectivity index (χ1n) is 5.70. The van der Waals surface area contributed by atoms with Gasteiger partial charge in [0.1, 0.15) is 0 Å². The molecule has 0 saturated heterocycles. The number of benzene rings is 1. The molecule has 1 amide bonds. The quantitative estimate of drug-likeness (QED) is 0.817. The second-order valence-corrected chi connectivity index (χ2v) is 4.19. The Morgan fingerprint density at radius 2 is 2.12 bits per heavy atom. The first kappa shape index (κ1) is 12.7. The van der Waals surface area contributed by atoms with Crippen molar-refractivity contribution in [2.75, 3.05) is 5.32 Å². The van der Waals surface area contributed by atoms with Crippen molar-refractivity contribution in [1.29, 1.82) is 0 Å². The summed E-state index contributed by atoms with van der Waals surface area (Å²) >= 11 is 0. The number of anilines is 1. The Hall–Kier alpha value is -1.35. The number of carbonyl (C=O) groups is 1. The van der Waals surface area contributed by atoms with Crippen LogP contribution in [0.25, 0.3) is 0 Å². The molecule has 0 spiro atoms. The van der Waals surface area contributed by atoms with E-state index in [1.807, 2.05) is 38.1 Å². The van der Waals surface area contributed by atoms with E-state index in [1.54, 1.807) is 0 Å². The monoisotopic (exact) mass is 220 g/mol. The predicted octanol–water partition coefficient (Wildman–Crippen LogP) is 2.17. The molecule has 88 valence electrons. The molecule has 0 fully saturated rings. The van der Waals surface area contributed by atoms with E-state index in [2.05, 4.69) is 12.2 Å². The van der Waals surface area contributed by atoms with Crippen molar-refractivity contribution < 1.29 is 4.79 Å². The molecule has 0 aromatic heterocycles. The second-order valence-electron chi connectivity index (χ2n) is 4.19. The molecule has 0 aliphatic carbocycles. The summed E-state index contributed by atoms with van der Waals surface area (Å²) in [6, 6.07) is 7.75. The zero-order chi connectivity index (χ0) is 12.1. The molecule has 0 aliphatic rings. The third-order valence-corrected chi connectivity index (χ3v) is 2.81. The number of nitrogens with two attached hydrogens (primary N) is 1. The fraction of sp³-hybridized carbons (Fsp3) is 0.462. The van der Waals surface area contributed by atoms with Crippen LogP contribution in [0.5, 0.6) is 0 Å². The lowest BCUT2D eigenvalue weighted by Crippen LogP contribution is -2.34. The zero-order valence-electron chi connectivity index (χ0n) is 10.2. The average molecular weight is 220 g/mol. The van der Waals surface area contributed by atoms with E-state index in [9.17, 15) is 4.79 Å². The summed E-state index contributed by atoms with van der Waals surface area (Å²) in [7, 11) is 0. The summed E-state index contributed by atoms with van der Waals surface area (Å²) in [6.07, 6.45) is 0.965. The fourth-order valence-electron chi connectivity index (χ4n) is 1.36. The van der Waals surface area contributed by atoms with Gasteiger partial charge in [-0.1, -0.05) is 26.0 Å². The molecule has 3 N–H and O–H groups in total. The van der Waals surface area contributed by atoms with Crippen LogP contribution in [-0.4, -0.2) is 11.9 Å². The highest BCUT2D eigenvalue weighted by atomic mass is 16.1. The van der Waals surface area contributed by atoms with Gasteiger partial charge in [0, 0.05) is 11.7 Å². The van der Waals surface area contributed by atoms with Crippen LogP contribution in [0.3, 0.4) is 0 Å². The molecule has 0 bridgehead atoms. The number of nitrogens with one attached hydrogen (secondary N) is 1. The summed E-state index contributed by atoms with van der Waals surface area (Å²) in [4.78, 5) is 11.8. The van der Waals surface area contributed by atoms with Crippen LogP contribution in [0.4, 0.5) is 5.69 Å². The molecule has 0 aliphatic heterocycles. The lowest BCUT2D eigenvalue weighted by Gasteiger charge is -2.15. The van der Waals surface area contributed by atoms with E-state index in [-0.39, 0.29) is 17.9 Å². The van der Waals surface area contributed by atoms with Crippen molar-refractivity contribution in [3.63, 3.8) is 0 Å². The SMILES string of the molecule is CCc1cccc(NC(=O)C(C)C(C)N)c1. The number of hydrogen-bond acceptors (Lipinski definition) is 2. The smallest absolute Gasteiger partial charge is 0.228 e. The maximum Gasteiger partial charge on any atom is 0.228 e. The molecule has 2 atom stereocenters. The van der Waals surface area contributed by atoms with E-state index in [1.165, 1.54) is 5.56 Å². The number of carbonyl (C=O) groups excluding carboxylic acids is 1. The maximum atomic E-state index is 11.8. The molecule has 0 saturated carbocycles. The van der Waals surface area contributed by atoms with E-state index in [0.717, 1.165) is 12.1 Å². The Labute approximate surface area is 97.0 Å². The highest BCUT2D eigenvalue weighted by Crippen LogP contribution is 2.13. The highest BCUT2D eigenvalue weighted by Gasteiger charge is 2.16. The van der Waals surface area contributed by atoms with Gasteiger partial charge in [-0.05, 0) is 31.0 Å². The minimum Gasteiger partial charge on any atom is -0.327 e. The van der Waals surface area contributed by atoms with Crippen molar-refractivity contribution in [3.8, 4) is 0 Å². The average Bonchev–Trinajstić information content (AvgIpc) is 2.28. The van der Waals surface area contributed by atoms with Gasteiger partial charge >= 0.3 is 0 Å². The van der Waals surface area contributed by atoms with Crippen molar-refractivity contribution in [2.45, 2.75) is 33.2 Å². The number of rotatable bonds is 4. The summed E-state index contributed by atoms with van der Waals surface area (Å²) in [5.74, 6) is -0.200. The third-order valence-electron chi connectivity index (χ3n) is 2.81. The van der Waals surface area contributed by atoms with Gasteiger partial charge in [0.05, 0.1) is 5.92 Å². The zero-order valence-corrected chi connectivity index (χ0v) is 10.2. The molecule has 16 heavy (non-hydrogen) atoms. The largest absolute Gasteiger partial charge is 0.327 e. The van der Waals surface area contributed by atoms with Crippen LogP contribution in [0.1, 0.15) is 26.3 Å². The number of aryl methyl sites for hydroxylation is 1. The van der Waals surface area contributed by atoms with E-state index in [0.29, 0.717) is 0 Å². The summed E-state index contributed by atoms with van der Waals surface area (Å²) in [6.45, 7) is 5.77. The minimum absolute atomic E-state index is 0.0248. The van der Waals surface area contributed by atoms with E-state index < -0.39 is 0 Å². The van der Waals surface area contributed by atoms with Crippen LogP contribution >= 0.6 is 0 Å². The first-order valence-corrected chi connectivity index (χ1v) is 5.70. The molecule has 0 radical (unpaired) electrons. The van der Waals surface area contributed by atoms with Gasteiger partial charge in [-0.3, -0.25) is 4.79 Å². The van der Waals surface area contributed by atoms with Crippen LogP contribution in [0.15, 0.2) is 24.3 Å². The summed E-state index contributed by atoms with van der Waals surface area (Å²) in [5.41, 5.74) is 7.74. The van der Waals surface area contributed by atoms with Gasteiger partial charge < -0.3 is 11.1 Å². The van der Waals surface area contributed by atoms with Crippen LogP contribution in [-0.2, 0) is 11.2 Å². The summed E-state index contributed by atoms with van der Waals surface area (Å²) < 4.78 is 0. The van der Waals surface area contributed by atoms with Gasteiger partial charge in [0.25, 0.3) is 0 Å². The molecule has 2 unspecified atom stereocenters. The minimum atomic E-state index is -0.176. The Morgan fingerprint density at radius 1 is 1.44 bits per heavy atom. The molecular formula is C13H20N2O. The molecule has 1 aromatic carbocycles. The van der Waals surface area contributed by atoms with Gasteiger partial charge in [-0.2, -0.15) is 0 Å². The normalized spacial score (nSPS) is 14.2. The third kappa shape index (κ3) is 3.35. The number of hydrogen-bond donors (Lipinski definition) is 2. The summed E-state index contributed by atoms with van der Waals surface area (Å²) in [5, 5.41) is 2.88. The van der Waals surface area contributed by atoms with Crippen LogP contribution in [0.2, 0.25) is 0 Å². The molecular weight excluding hydrogens is 200 g/mol. The molecule has 1 rings (SSSR count). The van der Waals surface area contributed by atoms with Gasteiger partial charge in [-0.15, -0.1) is 0 Å². The fourth-order valence-corrected chi connectivity index (χ4v) is 1.36. The van der Waals surface area contributed by atoms with Crippen LogP contribution in [0, 0.1) is 5.92 Å². The van der Waals surface area contributed by atoms with Crippen molar-refractivity contribution in [2.24, 2.45) is 11.7 Å². The van der Waals surface area contributed by atoms with Gasteiger partial charge in [0.15, 0.2) is 0 Å². The molecule has 1 aromatic rings. The molecule has 3 nitrogen and oxygen atoms in total. The lowest BCUT2D eigenvalue weighted by atomic mass is 10.0. The predicted molar refractivity (Wildman–Crippen MR) is 67.3 cm³/mol. The Kier molecular flexibility index (Phi) is 4.50. The molecule has 0 heterocycles. The van der Waals surface area contributed by atoms with Gasteiger partial charge in [-0.25, -0.2) is 0 Å². The standard InChI is InChI=1S/C13H20N2O/c1-4-11-6-5-7-12(8-11)15-13(16)9(2)10(3)14/h5-10H,4,14H2,1-3H3,(H,15,16). The first-order chi connectivity index (χ1) is 7.54.